The quantitative estimate of drug-likeness (QED) is 0.191. The maximum atomic E-state index is 13.8. The number of rotatable bonds is 9. The van der Waals surface area contributed by atoms with Crippen molar-refractivity contribution in [3.63, 3.8) is 0 Å². The number of ether oxygens (including phenoxy) is 1. The molecule has 0 spiro atoms. The van der Waals surface area contributed by atoms with Gasteiger partial charge in [0.25, 0.3) is 18.3 Å². The first-order chi connectivity index (χ1) is 23.4. The number of carbonyl (C=O) groups is 2. The van der Waals surface area contributed by atoms with Gasteiger partial charge >= 0.3 is 6.09 Å². The van der Waals surface area contributed by atoms with Gasteiger partial charge < -0.3 is 15.8 Å². The van der Waals surface area contributed by atoms with E-state index in [2.05, 4.69) is 53.2 Å². The van der Waals surface area contributed by atoms with E-state index in [4.69, 9.17) is 22.1 Å². The largest absolute Gasteiger partial charge is 0.447 e. The van der Waals surface area contributed by atoms with Gasteiger partial charge in [-0.25, -0.2) is 37.0 Å². The zero-order valence-electron chi connectivity index (χ0n) is 27.8. The Morgan fingerprint density at radius 1 is 1.14 bits per heavy atom. The zero-order chi connectivity index (χ0) is 36.5. The van der Waals surface area contributed by atoms with E-state index < -0.39 is 61.3 Å². The lowest BCUT2D eigenvalue weighted by Gasteiger charge is -2.28. The molecule has 2 aromatic carbocycles. The Labute approximate surface area is 290 Å². The van der Waals surface area contributed by atoms with Crippen LogP contribution in [0.1, 0.15) is 69.6 Å². The van der Waals surface area contributed by atoms with Gasteiger partial charge in [0.05, 0.1) is 22.4 Å². The zero-order valence-corrected chi connectivity index (χ0v) is 28.6. The van der Waals surface area contributed by atoms with Crippen molar-refractivity contribution >= 4 is 29.6 Å². The number of halogens is 5. The van der Waals surface area contributed by atoms with Gasteiger partial charge in [-0.2, -0.15) is 10.2 Å². The maximum absolute atomic E-state index is 13.8. The van der Waals surface area contributed by atoms with Crippen LogP contribution in [0.4, 0.5) is 22.4 Å². The third-order valence-electron chi connectivity index (χ3n) is 7.37. The maximum Gasteiger partial charge on any atom is 0.407 e. The molecule has 3 N–H and O–H groups in total. The number of alkyl carbamates (subject to hydrolysis) is 1. The number of nitrogens with one attached hydrogen (secondary N) is 1. The number of guanidine groups is 1. The van der Waals surface area contributed by atoms with E-state index in [1.165, 1.54) is 18.2 Å². The van der Waals surface area contributed by atoms with Crippen molar-refractivity contribution in [2.75, 3.05) is 6.61 Å². The topological polar surface area (TPSA) is 146 Å². The van der Waals surface area contributed by atoms with Crippen molar-refractivity contribution < 1.29 is 31.9 Å². The van der Waals surface area contributed by atoms with Gasteiger partial charge in [0, 0.05) is 25.2 Å². The van der Waals surface area contributed by atoms with Crippen molar-refractivity contribution in [3.05, 3.63) is 83.0 Å². The molecule has 0 saturated heterocycles. The lowest BCUT2D eigenvalue weighted by Crippen LogP contribution is -2.43. The molecule has 2 aliphatic rings. The molecule has 1 aliphatic carbocycles. The average molecular weight is 718 g/mol. The summed E-state index contributed by atoms with van der Waals surface area (Å²) in [6, 6.07) is 9.42. The Kier molecular flexibility index (Phi) is 10.2. The minimum atomic E-state index is -3.04. The number of aromatic nitrogens is 5. The summed E-state index contributed by atoms with van der Waals surface area (Å²) in [5, 5.41) is 10.3. The number of hydrogen-bond acceptors (Lipinski definition) is 8. The van der Waals surface area contributed by atoms with E-state index >= 15 is 0 Å². The molecule has 6 rings (SSSR count). The molecular formula is C33H36ClF4N9O3. The second-order valence-corrected chi connectivity index (χ2v) is 13.8. The highest BCUT2D eigenvalue weighted by molar-refractivity contribution is 6.32. The van der Waals surface area contributed by atoms with Gasteiger partial charge in [0.2, 0.25) is 0 Å². The van der Waals surface area contributed by atoms with Crippen LogP contribution in [0.15, 0.2) is 66.0 Å². The summed E-state index contributed by atoms with van der Waals surface area (Å²) in [7, 11) is 1.79. The Balaban J connectivity index is 0.000000908. The van der Waals surface area contributed by atoms with Crippen LogP contribution in [0.3, 0.4) is 0 Å². The summed E-state index contributed by atoms with van der Waals surface area (Å²) < 4.78 is 61.7. The summed E-state index contributed by atoms with van der Waals surface area (Å²) in [5.74, 6) is -4.51. The molecule has 2 aromatic heterocycles. The van der Waals surface area contributed by atoms with E-state index in [1.807, 2.05) is 6.07 Å². The predicted molar refractivity (Wildman–Crippen MR) is 177 cm³/mol. The lowest BCUT2D eigenvalue weighted by atomic mass is 10.0. The molecule has 12 nitrogen and oxygen atoms in total. The molecule has 266 valence electrons. The van der Waals surface area contributed by atoms with Crippen LogP contribution in [-0.2, 0) is 16.6 Å². The number of carbonyl (C=O) groups excluding carboxylic acids is 2. The highest BCUT2D eigenvalue weighted by atomic mass is 35.5. The van der Waals surface area contributed by atoms with Gasteiger partial charge in [-0.3, -0.25) is 14.4 Å². The summed E-state index contributed by atoms with van der Waals surface area (Å²) in [5.41, 5.74) is 9.04. The monoisotopic (exact) mass is 717 g/mol. The molecule has 2 amide bonds. The number of amides is 2. The van der Waals surface area contributed by atoms with Crippen LogP contribution in [0, 0.1) is 5.41 Å². The Bertz CT molecular complexity index is 1880. The molecule has 0 radical (unpaired) electrons. The Hall–Kier alpha value is -4.99. The summed E-state index contributed by atoms with van der Waals surface area (Å²) in [6.07, 6.45) is -1.92. The fourth-order valence-electron chi connectivity index (χ4n) is 4.94. The van der Waals surface area contributed by atoms with Crippen LogP contribution in [0.2, 0.25) is 5.02 Å². The average Bonchev–Trinajstić information content (AvgIpc) is 3.47. The van der Waals surface area contributed by atoms with Gasteiger partial charge in [0.1, 0.15) is 19.0 Å². The minimum absolute atomic E-state index is 0.00198. The number of nitrogens with zero attached hydrogens (tertiary/aromatic N) is 7. The normalized spacial score (nSPS) is 18.7. The third-order valence-corrected chi connectivity index (χ3v) is 7.69. The predicted octanol–water partition coefficient (Wildman–Crippen LogP) is 6.38. The highest BCUT2D eigenvalue weighted by Gasteiger charge is 2.58. The second kappa shape index (κ2) is 14.1. The van der Waals surface area contributed by atoms with E-state index in [-0.39, 0.29) is 22.2 Å². The van der Waals surface area contributed by atoms with Crippen LogP contribution in [-0.4, -0.2) is 66.0 Å². The molecule has 2 unspecified atom stereocenters. The molecular weight excluding hydrogens is 682 g/mol. The standard InChI is InChI=1S/C28H24ClF4N9O3.C5H12/c1-40-9-8-18(39-40)14-2-4-15(5-3-14)22-25(43)41(26(34)38-22)20(12-45-27(44)37-21-11-28(21,32)33)16-6-7-17(29)19(10-16)42-24(23(30)31)35-13-36-42;1-5(2,3)4/h2-10,13,20-23H,11-12H2,1H3,(H2,34,38)(H,37,44);1-4H3/t20?,21-,22?;/m0./s1. The first-order valence-corrected chi connectivity index (χ1v) is 15.9. The molecule has 1 saturated carbocycles. The van der Waals surface area contributed by atoms with Crippen LogP contribution in [0.25, 0.3) is 16.9 Å². The Morgan fingerprint density at radius 3 is 2.38 bits per heavy atom. The minimum Gasteiger partial charge on any atom is -0.447 e. The molecule has 3 atom stereocenters. The molecule has 50 heavy (non-hydrogen) atoms. The molecule has 4 aromatic rings. The molecule has 17 heteroatoms. The van der Waals surface area contributed by atoms with Crippen molar-refractivity contribution in [1.29, 1.82) is 0 Å². The van der Waals surface area contributed by atoms with Crippen molar-refractivity contribution in [3.8, 4) is 16.9 Å². The second-order valence-electron chi connectivity index (χ2n) is 13.4. The Morgan fingerprint density at radius 2 is 1.80 bits per heavy atom. The van der Waals surface area contributed by atoms with Crippen LogP contribution < -0.4 is 11.1 Å². The lowest BCUT2D eigenvalue weighted by molar-refractivity contribution is -0.129. The summed E-state index contributed by atoms with van der Waals surface area (Å²) in [4.78, 5) is 35.3. The fraction of sp³-hybridized carbons (Fsp3) is 0.394. The van der Waals surface area contributed by atoms with E-state index in [1.54, 1.807) is 42.2 Å². The van der Waals surface area contributed by atoms with Crippen LogP contribution >= 0.6 is 11.6 Å². The first kappa shape index (κ1) is 36.3. The smallest absolute Gasteiger partial charge is 0.407 e. The van der Waals surface area contributed by atoms with E-state index in [0.717, 1.165) is 27.2 Å². The van der Waals surface area contributed by atoms with Gasteiger partial charge in [-0.05, 0) is 34.7 Å². The number of benzene rings is 2. The number of aliphatic imine (C=N–C) groups is 1. The fourth-order valence-corrected chi connectivity index (χ4v) is 5.14. The number of aryl methyl sites for hydroxylation is 1. The van der Waals surface area contributed by atoms with Gasteiger partial charge in [0.15, 0.2) is 17.8 Å². The SMILES string of the molecule is CC(C)(C)C.Cn1ccc(-c2ccc(C3N=C(N)N(C(COC(=O)N[C@H]4CC4(F)F)c4ccc(Cl)c(-n5ncnc5C(F)F)c4)C3=O)cc2)n1. The molecule has 0 bridgehead atoms. The molecule has 1 fully saturated rings. The molecule has 3 heterocycles. The van der Waals surface area contributed by atoms with E-state index in [0.29, 0.717) is 11.0 Å². The van der Waals surface area contributed by atoms with Gasteiger partial charge in [-0.1, -0.05) is 69.6 Å². The van der Waals surface area contributed by atoms with Crippen molar-refractivity contribution in [2.24, 2.45) is 23.2 Å². The van der Waals surface area contributed by atoms with Crippen molar-refractivity contribution in [2.45, 2.75) is 64.6 Å². The van der Waals surface area contributed by atoms with Crippen LogP contribution in [0.5, 0.6) is 0 Å². The third kappa shape index (κ3) is 8.41. The first-order valence-electron chi connectivity index (χ1n) is 15.5. The number of hydrogen-bond donors (Lipinski definition) is 2. The summed E-state index contributed by atoms with van der Waals surface area (Å²) in [6.45, 7) is 8.19. The number of nitrogens with two attached hydrogens (primary N) is 1. The van der Waals surface area contributed by atoms with Crippen molar-refractivity contribution in [1.82, 2.24) is 34.8 Å². The summed E-state index contributed by atoms with van der Waals surface area (Å²) >= 11 is 6.33. The highest BCUT2D eigenvalue weighted by Crippen LogP contribution is 2.42. The van der Waals surface area contributed by atoms with Gasteiger partial charge in [-0.15, -0.1) is 0 Å². The number of alkyl halides is 4. The van der Waals surface area contributed by atoms with E-state index in [9.17, 15) is 27.2 Å². The molecule has 1 aliphatic heterocycles.